The molecule has 21 heavy (non-hydrogen) atoms. The predicted molar refractivity (Wildman–Crippen MR) is 82.0 cm³/mol. The fourth-order valence-corrected chi connectivity index (χ4v) is 2.03. The quantitative estimate of drug-likeness (QED) is 0.392. The van der Waals surface area contributed by atoms with Crippen molar-refractivity contribution in [3.8, 4) is 5.75 Å². The van der Waals surface area contributed by atoms with E-state index in [1.165, 1.54) is 39.4 Å². The van der Waals surface area contributed by atoms with Gasteiger partial charge in [0.15, 0.2) is 5.78 Å². The van der Waals surface area contributed by atoms with Gasteiger partial charge in [0.25, 0.3) is 0 Å². The second-order valence-corrected chi connectivity index (χ2v) is 5.02. The first-order valence-corrected chi connectivity index (χ1v) is 7.46. The topological polar surface area (TPSA) is 52.6 Å². The summed E-state index contributed by atoms with van der Waals surface area (Å²) in [6.45, 7) is 4.20. The Morgan fingerprint density at radius 2 is 1.81 bits per heavy atom. The van der Waals surface area contributed by atoms with Crippen LogP contribution in [0.15, 0.2) is 18.2 Å². The number of Topliss-reactive ketones (excluding diaryl/α,β-unsaturated/α-hetero) is 1. The number of carbonyl (C=O) groups is 2. The van der Waals surface area contributed by atoms with Gasteiger partial charge in [0.2, 0.25) is 0 Å². The van der Waals surface area contributed by atoms with Gasteiger partial charge in [-0.1, -0.05) is 32.6 Å². The van der Waals surface area contributed by atoms with Gasteiger partial charge < -0.3 is 9.47 Å². The molecule has 0 radical (unpaired) electrons. The molecule has 4 heteroatoms. The zero-order valence-electron chi connectivity index (χ0n) is 13.1. The van der Waals surface area contributed by atoms with Crippen molar-refractivity contribution >= 4 is 11.8 Å². The number of ketones is 1. The number of benzene rings is 1. The molecule has 0 fully saturated rings. The molecule has 0 spiro atoms. The van der Waals surface area contributed by atoms with Crippen molar-refractivity contribution in [1.82, 2.24) is 0 Å². The van der Waals surface area contributed by atoms with Gasteiger partial charge in [0, 0.05) is 5.56 Å². The highest BCUT2D eigenvalue weighted by Gasteiger charge is 2.15. The normalized spacial score (nSPS) is 10.2. The highest BCUT2D eigenvalue weighted by molar-refractivity contribution is 5.99. The standard InChI is InChI=1S/C17H24O4/c1-4-5-6-7-8-11-21-16-10-9-14(13(2)18)12-15(16)17(19)20-3/h9-10,12H,4-8,11H2,1-3H3. The van der Waals surface area contributed by atoms with E-state index in [4.69, 9.17) is 9.47 Å². The summed E-state index contributed by atoms with van der Waals surface area (Å²) >= 11 is 0. The maximum atomic E-state index is 11.8. The summed E-state index contributed by atoms with van der Waals surface area (Å²) in [4.78, 5) is 23.2. The molecule has 1 aromatic rings. The van der Waals surface area contributed by atoms with Crippen molar-refractivity contribution in [3.05, 3.63) is 29.3 Å². The lowest BCUT2D eigenvalue weighted by molar-refractivity contribution is 0.0596. The molecular weight excluding hydrogens is 268 g/mol. The van der Waals surface area contributed by atoms with Crippen LogP contribution >= 0.6 is 0 Å². The van der Waals surface area contributed by atoms with Crippen LogP contribution in [0.3, 0.4) is 0 Å². The van der Waals surface area contributed by atoms with E-state index in [9.17, 15) is 9.59 Å². The van der Waals surface area contributed by atoms with Gasteiger partial charge in [-0.3, -0.25) is 4.79 Å². The van der Waals surface area contributed by atoms with Crippen molar-refractivity contribution in [2.45, 2.75) is 46.0 Å². The summed E-state index contributed by atoms with van der Waals surface area (Å²) in [5, 5.41) is 0. The summed E-state index contributed by atoms with van der Waals surface area (Å²) in [7, 11) is 1.32. The molecule has 0 aliphatic rings. The summed E-state index contributed by atoms with van der Waals surface area (Å²) in [5.41, 5.74) is 0.782. The van der Waals surface area contributed by atoms with Crippen LogP contribution in [0.25, 0.3) is 0 Å². The molecule has 0 saturated carbocycles. The van der Waals surface area contributed by atoms with Crippen LogP contribution < -0.4 is 4.74 Å². The predicted octanol–water partition coefficient (Wildman–Crippen LogP) is 4.03. The van der Waals surface area contributed by atoms with E-state index < -0.39 is 5.97 Å². The molecule has 0 N–H and O–H groups in total. The summed E-state index contributed by atoms with van der Waals surface area (Å²) < 4.78 is 10.4. The number of ether oxygens (including phenoxy) is 2. The summed E-state index contributed by atoms with van der Waals surface area (Å²) in [6, 6.07) is 4.86. The third-order valence-electron chi connectivity index (χ3n) is 3.30. The van der Waals surface area contributed by atoms with Crippen molar-refractivity contribution in [2.24, 2.45) is 0 Å². The minimum atomic E-state index is -0.487. The molecular formula is C17H24O4. The van der Waals surface area contributed by atoms with Crippen LogP contribution in [0, 0.1) is 0 Å². The van der Waals surface area contributed by atoms with Crippen LogP contribution in [0.2, 0.25) is 0 Å². The highest BCUT2D eigenvalue weighted by atomic mass is 16.5. The first-order chi connectivity index (χ1) is 10.1. The van der Waals surface area contributed by atoms with Crippen LogP contribution in [0.4, 0.5) is 0 Å². The van der Waals surface area contributed by atoms with E-state index in [1.807, 2.05) is 0 Å². The van der Waals surface area contributed by atoms with Gasteiger partial charge in [0.05, 0.1) is 13.7 Å². The second-order valence-electron chi connectivity index (χ2n) is 5.02. The maximum Gasteiger partial charge on any atom is 0.341 e. The first-order valence-electron chi connectivity index (χ1n) is 7.46. The lowest BCUT2D eigenvalue weighted by Gasteiger charge is -2.11. The third-order valence-corrected chi connectivity index (χ3v) is 3.30. The Bertz CT molecular complexity index is 480. The van der Waals surface area contributed by atoms with E-state index in [0.29, 0.717) is 23.5 Å². The average molecular weight is 292 g/mol. The molecule has 0 aliphatic carbocycles. The van der Waals surface area contributed by atoms with Gasteiger partial charge in [-0.2, -0.15) is 0 Å². The minimum absolute atomic E-state index is 0.0914. The Labute approximate surface area is 126 Å². The van der Waals surface area contributed by atoms with Gasteiger partial charge in [-0.15, -0.1) is 0 Å². The van der Waals surface area contributed by atoms with Crippen molar-refractivity contribution in [1.29, 1.82) is 0 Å². The molecule has 0 atom stereocenters. The fraction of sp³-hybridized carbons (Fsp3) is 0.529. The Balaban J connectivity index is 2.67. The first kappa shape index (κ1) is 17.2. The van der Waals surface area contributed by atoms with Crippen molar-refractivity contribution in [2.75, 3.05) is 13.7 Å². The monoisotopic (exact) mass is 292 g/mol. The van der Waals surface area contributed by atoms with Crippen LogP contribution in [0.5, 0.6) is 5.75 Å². The average Bonchev–Trinajstić information content (AvgIpc) is 2.49. The molecule has 116 valence electrons. The number of esters is 1. The van der Waals surface area contributed by atoms with Crippen LogP contribution in [-0.2, 0) is 4.74 Å². The summed E-state index contributed by atoms with van der Waals surface area (Å²) in [5.74, 6) is -0.104. The zero-order chi connectivity index (χ0) is 15.7. The van der Waals surface area contributed by atoms with Crippen molar-refractivity contribution in [3.63, 3.8) is 0 Å². The second kappa shape index (κ2) is 9.16. The number of rotatable bonds is 9. The van der Waals surface area contributed by atoms with Gasteiger partial charge in [-0.25, -0.2) is 4.79 Å². The van der Waals surface area contributed by atoms with E-state index in [0.717, 1.165) is 12.8 Å². The SMILES string of the molecule is CCCCCCCOc1ccc(C(C)=O)cc1C(=O)OC. The lowest BCUT2D eigenvalue weighted by Crippen LogP contribution is -2.08. The molecule has 0 amide bonds. The number of hydrogen-bond donors (Lipinski definition) is 0. The van der Waals surface area contributed by atoms with E-state index in [-0.39, 0.29) is 5.78 Å². The third kappa shape index (κ3) is 5.58. The van der Waals surface area contributed by atoms with E-state index in [1.54, 1.807) is 12.1 Å². The largest absolute Gasteiger partial charge is 0.493 e. The smallest absolute Gasteiger partial charge is 0.341 e. The Morgan fingerprint density at radius 1 is 1.10 bits per heavy atom. The Morgan fingerprint density at radius 3 is 2.43 bits per heavy atom. The molecule has 0 saturated heterocycles. The molecule has 0 heterocycles. The lowest BCUT2D eigenvalue weighted by atomic mass is 10.1. The minimum Gasteiger partial charge on any atom is -0.493 e. The molecule has 0 aromatic heterocycles. The molecule has 1 aromatic carbocycles. The van der Waals surface area contributed by atoms with Gasteiger partial charge >= 0.3 is 5.97 Å². The van der Waals surface area contributed by atoms with Gasteiger partial charge in [-0.05, 0) is 31.5 Å². The number of unbranched alkanes of at least 4 members (excludes halogenated alkanes) is 4. The Kier molecular flexibility index (Phi) is 7.51. The molecule has 0 bridgehead atoms. The highest BCUT2D eigenvalue weighted by Crippen LogP contribution is 2.22. The van der Waals surface area contributed by atoms with Gasteiger partial charge in [0.1, 0.15) is 11.3 Å². The fourth-order valence-electron chi connectivity index (χ4n) is 2.03. The molecule has 4 nitrogen and oxygen atoms in total. The van der Waals surface area contributed by atoms with Crippen molar-refractivity contribution < 1.29 is 19.1 Å². The molecule has 0 aliphatic heterocycles. The van der Waals surface area contributed by atoms with E-state index >= 15 is 0 Å². The number of hydrogen-bond acceptors (Lipinski definition) is 4. The molecule has 1 rings (SSSR count). The maximum absolute atomic E-state index is 11.8. The number of carbonyl (C=O) groups excluding carboxylic acids is 2. The Hall–Kier alpha value is -1.84. The van der Waals surface area contributed by atoms with Crippen LogP contribution in [0.1, 0.15) is 66.7 Å². The number of methoxy groups -OCH3 is 1. The molecule has 0 unspecified atom stereocenters. The van der Waals surface area contributed by atoms with Crippen LogP contribution in [-0.4, -0.2) is 25.5 Å². The zero-order valence-corrected chi connectivity index (χ0v) is 13.1. The summed E-state index contributed by atoms with van der Waals surface area (Å²) in [6.07, 6.45) is 5.72. The van der Waals surface area contributed by atoms with E-state index in [2.05, 4.69) is 6.92 Å².